The molecule has 0 spiro atoms. The Labute approximate surface area is 170 Å². The molecule has 0 amide bonds. The lowest BCUT2D eigenvalue weighted by molar-refractivity contribution is 0.586. The lowest BCUT2D eigenvalue weighted by atomic mass is 10.2. The number of hydrogen-bond acceptors (Lipinski definition) is 3. The first-order valence-electron chi connectivity index (χ1n) is 9.08. The Balaban J connectivity index is 1.86. The molecule has 4 rings (SSSR count). The Kier molecular flexibility index (Phi) is 5.03. The van der Waals surface area contributed by atoms with Crippen molar-refractivity contribution in [3.8, 4) is 23.1 Å². The average molecular weight is 398 g/mol. The van der Waals surface area contributed by atoms with Gasteiger partial charge in [-0.2, -0.15) is 0 Å². The fourth-order valence-electron chi connectivity index (χ4n) is 2.85. The number of nitrogens with zero attached hydrogens (tertiary/aromatic N) is 2. The largest absolute Gasteiger partial charge is 0.269 e. The van der Waals surface area contributed by atoms with Crippen molar-refractivity contribution < 1.29 is 8.42 Å². The highest BCUT2D eigenvalue weighted by atomic mass is 32.2. The molecule has 5 heteroatoms. The van der Waals surface area contributed by atoms with E-state index in [2.05, 4.69) is 16.8 Å². The summed E-state index contributed by atoms with van der Waals surface area (Å²) in [6.07, 6.45) is 1.53. The summed E-state index contributed by atoms with van der Waals surface area (Å²) in [5, 5.41) is 0. The summed E-state index contributed by atoms with van der Waals surface area (Å²) in [6, 6.07) is 25.6. The summed E-state index contributed by atoms with van der Waals surface area (Å²) in [4.78, 5) is 4.71. The molecule has 0 atom stereocenters. The highest BCUT2D eigenvalue weighted by Gasteiger charge is 2.22. The first-order valence-corrected chi connectivity index (χ1v) is 10.5. The van der Waals surface area contributed by atoms with Gasteiger partial charge in [0.2, 0.25) is 5.82 Å². The summed E-state index contributed by atoms with van der Waals surface area (Å²) in [6.45, 7) is 1.91. The Morgan fingerprint density at radius 1 is 0.793 bits per heavy atom. The number of aryl methyl sites for hydroxylation is 1. The van der Waals surface area contributed by atoms with Gasteiger partial charge in [0.05, 0.1) is 10.6 Å². The van der Waals surface area contributed by atoms with Crippen LogP contribution in [0.2, 0.25) is 0 Å². The third kappa shape index (κ3) is 3.98. The number of hydrogen-bond donors (Lipinski definition) is 0. The fourth-order valence-corrected chi connectivity index (χ4v) is 4.11. The smallest absolute Gasteiger partial charge is 0.220 e. The van der Waals surface area contributed by atoms with Gasteiger partial charge in [-0.3, -0.25) is 0 Å². The molecule has 142 valence electrons. The fraction of sp³-hybridized carbons (Fsp3) is 0.0417. The van der Waals surface area contributed by atoms with Gasteiger partial charge in [0.25, 0.3) is 10.0 Å². The second-order valence-corrected chi connectivity index (χ2v) is 8.36. The van der Waals surface area contributed by atoms with Gasteiger partial charge in [0, 0.05) is 17.3 Å². The van der Waals surface area contributed by atoms with Crippen LogP contribution in [-0.4, -0.2) is 17.4 Å². The van der Waals surface area contributed by atoms with Gasteiger partial charge in [-0.25, -0.2) is 17.4 Å². The molecule has 0 fully saturated rings. The Morgan fingerprint density at radius 3 is 2.07 bits per heavy atom. The zero-order chi connectivity index (χ0) is 20.3. The van der Waals surface area contributed by atoms with Crippen LogP contribution in [0, 0.1) is 18.8 Å². The minimum Gasteiger partial charge on any atom is -0.220 e. The molecule has 0 aliphatic heterocycles. The number of aromatic nitrogens is 2. The molecular weight excluding hydrogens is 380 g/mol. The summed E-state index contributed by atoms with van der Waals surface area (Å²) >= 11 is 0. The molecule has 0 unspecified atom stereocenters. The molecule has 0 N–H and O–H groups in total. The van der Waals surface area contributed by atoms with Crippen LogP contribution in [0.1, 0.15) is 17.0 Å². The molecule has 0 saturated heterocycles. The third-order valence-electron chi connectivity index (χ3n) is 4.41. The van der Waals surface area contributed by atoms with Gasteiger partial charge < -0.3 is 0 Å². The van der Waals surface area contributed by atoms with Gasteiger partial charge >= 0.3 is 0 Å². The zero-order valence-electron chi connectivity index (χ0n) is 15.8. The van der Waals surface area contributed by atoms with Crippen LogP contribution in [0.5, 0.6) is 0 Å². The van der Waals surface area contributed by atoms with Gasteiger partial charge in [-0.15, -0.1) is 0 Å². The molecule has 1 aromatic heterocycles. The third-order valence-corrected chi connectivity index (χ3v) is 6.08. The minimum absolute atomic E-state index is 0.174. The zero-order valence-corrected chi connectivity index (χ0v) is 16.6. The summed E-state index contributed by atoms with van der Waals surface area (Å²) < 4.78 is 27.7. The Hall–Kier alpha value is -3.62. The predicted octanol–water partition coefficient (Wildman–Crippen LogP) is 4.50. The lowest BCUT2D eigenvalue weighted by Crippen LogP contribution is -2.14. The summed E-state index contributed by atoms with van der Waals surface area (Å²) in [5.41, 5.74) is 3.16. The maximum absolute atomic E-state index is 13.3. The van der Waals surface area contributed by atoms with E-state index in [1.54, 1.807) is 24.3 Å². The first-order chi connectivity index (χ1) is 14.0. The van der Waals surface area contributed by atoms with Crippen molar-refractivity contribution in [1.82, 2.24) is 8.96 Å². The molecule has 0 radical (unpaired) electrons. The van der Waals surface area contributed by atoms with Crippen molar-refractivity contribution in [2.24, 2.45) is 0 Å². The second kappa shape index (κ2) is 7.78. The van der Waals surface area contributed by atoms with Crippen molar-refractivity contribution in [2.45, 2.75) is 11.8 Å². The summed E-state index contributed by atoms with van der Waals surface area (Å²) in [5.74, 6) is 6.11. The highest BCUT2D eigenvalue weighted by molar-refractivity contribution is 7.90. The van der Waals surface area contributed by atoms with Gasteiger partial charge in [-0.1, -0.05) is 72.1 Å². The van der Waals surface area contributed by atoms with Crippen LogP contribution >= 0.6 is 0 Å². The topological polar surface area (TPSA) is 52.0 Å². The van der Waals surface area contributed by atoms with Crippen LogP contribution in [0.3, 0.4) is 0 Å². The van der Waals surface area contributed by atoms with E-state index >= 15 is 0 Å². The van der Waals surface area contributed by atoms with E-state index in [1.807, 2.05) is 67.6 Å². The molecule has 1 heterocycles. The van der Waals surface area contributed by atoms with Crippen molar-refractivity contribution in [2.75, 3.05) is 0 Å². The van der Waals surface area contributed by atoms with Crippen LogP contribution in [-0.2, 0) is 10.0 Å². The average Bonchev–Trinajstić information content (AvgIpc) is 3.19. The van der Waals surface area contributed by atoms with Crippen LogP contribution in [0.4, 0.5) is 0 Å². The lowest BCUT2D eigenvalue weighted by Gasteiger charge is -2.06. The van der Waals surface area contributed by atoms with Crippen LogP contribution in [0.25, 0.3) is 11.3 Å². The molecule has 4 nitrogen and oxygen atoms in total. The van der Waals surface area contributed by atoms with E-state index in [0.29, 0.717) is 5.69 Å². The maximum atomic E-state index is 13.3. The van der Waals surface area contributed by atoms with Crippen molar-refractivity contribution in [3.05, 3.63) is 108 Å². The predicted molar refractivity (Wildman–Crippen MR) is 114 cm³/mol. The van der Waals surface area contributed by atoms with Crippen LogP contribution in [0.15, 0.2) is 96.0 Å². The number of rotatable bonds is 3. The van der Waals surface area contributed by atoms with Crippen molar-refractivity contribution in [1.29, 1.82) is 0 Å². The molecule has 0 saturated carbocycles. The molecule has 0 aliphatic rings. The van der Waals surface area contributed by atoms with E-state index in [0.717, 1.165) is 20.7 Å². The molecule has 29 heavy (non-hydrogen) atoms. The van der Waals surface area contributed by atoms with E-state index in [1.165, 1.54) is 6.20 Å². The molecule has 0 aliphatic carbocycles. The normalized spacial score (nSPS) is 10.9. The maximum Gasteiger partial charge on any atom is 0.269 e. The number of benzene rings is 3. The van der Waals surface area contributed by atoms with Gasteiger partial charge in [-0.05, 0) is 37.1 Å². The Morgan fingerprint density at radius 2 is 1.41 bits per heavy atom. The summed E-state index contributed by atoms with van der Waals surface area (Å²) in [7, 11) is -3.83. The van der Waals surface area contributed by atoms with E-state index < -0.39 is 10.0 Å². The van der Waals surface area contributed by atoms with E-state index in [4.69, 9.17) is 0 Å². The standard InChI is InChI=1S/C24H18N2O2S/c1-19-12-15-22(16-13-19)29(27,28)26-18-23(21-10-6-3-7-11-21)25-24(26)17-14-20-8-4-2-5-9-20/h2-13,15-16,18H,1H3. The van der Waals surface area contributed by atoms with E-state index in [9.17, 15) is 8.42 Å². The monoisotopic (exact) mass is 398 g/mol. The SMILES string of the molecule is Cc1ccc(S(=O)(=O)n2cc(-c3ccccc3)nc2C#Cc2ccccc2)cc1. The van der Waals surface area contributed by atoms with Crippen LogP contribution < -0.4 is 0 Å². The van der Waals surface area contributed by atoms with E-state index in [-0.39, 0.29) is 10.7 Å². The van der Waals surface area contributed by atoms with Crippen molar-refractivity contribution in [3.63, 3.8) is 0 Å². The first kappa shape index (κ1) is 18.7. The minimum atomic E-state index is -3.83. The quantitative estimate of drug-likeness (QED) is 0.478. The van der Waals surface area contributed by atoms with Gasteiger partial charge in [0.1, 0.15) is 0 Å². The highest BCUT2D eigenvalue weighted by Crippen LogP contribution is 2.23. The molecule has 4 aromatic rings. The Bertz CT molecular complexity index is 1300. The molecule has 0 bridgehead atoms. The molecular formula is C24H18N2O2S. The van der Waals surface area contributed by atoms with Crippen molar-refractivity contribution >= 4 is 10.0 Å². The second-order valence-electron chi connectivity index (χ2n) is 6.55. The number of imidazole rings is 1. The molecule has 3 aromatic carbocycles. The van der Waals surface area contributed by atoms with Gasteiger partial charge in [0.15, 0.2) is 0 Å².